The Hall–Kier alpha value is -1.66. The molecule has 1 N–H and O–H groups in total. The third-order valence-electron chi connectivity index (χ3n) is 2.89. The second-order valence-corrected chi connectivity index (χ2v) is 6.08. The van der Waals surface area contributed by atoms with Crippen LogP contribution >= 0.6 is 31.9 Å². The van der Waals surface area contributed by atoms with E-state index >= 15 is 0 Å². The molecule has 0 aliphatic carbocycles. The highest BCUT2D eigenvalue weighted by Gasteiger charge is 2.10. The van der Waals surface area contributed by atoms with E-state index in [1.807, 2.05) is 0 Å². The third kappa shape index (κ3) is 3.75. The van der Waals surface area contributed by atoms with Crippen molar-refractivity contribution in [3.05, 3.63) is 62.3 Å². The normalized spacial score (nSPS) is 10.9. The molecular formula is C16H11Br2FO3. The highest BCUT2D eigenvalue weighted by Crippen LogP contribution is 2.35. The van der Waals surface area contributed by atoms with Gasteiger partial charge in [0.1, 0.15) is 5.82 Å². The fourth-order valence-corrected chi connectivity index (χ4v) is 2.80. The average molecular weight is 430 g/mol. The van der Waals surface area contributed by atoms with Crippen LogP contribution in [0.15, 0.2) is 45.4 Å². The van der Waals surface area contributed by atoms with Crippen molar-refractivity contribution >= 4 is 43.7 Å². The number of phenolic OH excluding ortho intramolecular Hbond substituents is 1. The van der Waals surface area contributed by atoms with Crippen LogP contribution < -0.4 is 4.74 Å². The summed E-state index contributed by atoms with van der Waals surface area (Å²) in [5.74, 6) is -0.397. The number of carbonyl (C=O) groups is 1. The minimum atomic E-state index is -0.417. The standard InChI is InChI=1S/C16H11Br2FO3/c1-22-15-7-9(6-13(18)16(15)21)2-5-14(20)11-4-3-10(19)8-12(11)17/h2-8,21H,1H3/b5-2+. The molecule has 114 valence electrons. The Kier molecular flexibility index (Phi) is 5.37. The molecule has 0 atom stereocenters. The summed E-state index contributed by atoms with van der Waals surface area (Å²) in [7, 11) is 1.44. The van der Waals surface area contributed by atoms with Gasteiger partial charge in [-0.05, 0) is 73.8 Å². The van der Waals surface area contributed by atoms with Crippen LogP contribution in [-0.2, 0) is 0 Å². The van der Waals surface area contributed by atoms with Gasteiger partial charge in [0.05, 0.1) is 11.6 Å². The van der Waals surface area contributed by atoms with Crippen LogP contribution in [0.25, 0.3) is 6.08 Å². The molecule has 2 aromatic carbocycles. The summed E-state index contributed by atoms with van der Waals surface area (Å²) < 4.78 is 18.9. The first-order valence-corrected chi connectivity index (χ1v) is 7.75. The smallest absolute Gasteiger partial charge is 0.186 e. The van der Waals surface area contributed by atoms with Crippen molar-refractivity contribution in [1.82, 2.24) is 0 Å². The number of methoxy groups -OCH3 is 1. The molecule has 0 heterocycles. The van der Waals surface area contributed by atoms with Crippen LogP contribution in [0.5, 0.6) is 11.5 Å². The van der Waals surface area contributed by atoms with Crippen LogP contribution in [0.2, 0.25) is 0 Å². The van der Waals surface area contributed by atoms with E-state index in [-0.39, 0.29) is 11.5 Å². The Labute approximate surface area is 143 Å². The number of ketones is 1. The van der Waals surface area contributed by atoms with E-state index in [4.69, 9.17) is 4.74 Å². The summed E-state index contributed by atoms with van der Waals surface area (Å²) in [5.41, 5.74) is 1.04. The summed E-state index contributed by atoms with van der Waals surface area (Å²) in [5, 5.41) is 9.74. The number of allylic oxidation sites excluding steroid dienone is 1. The van der Waals surface area contributed by atoms with Crippen molar-refractivity contribution in [3.8, 4) is 11.5 Å². The van der Waals surface area contributed by atoms with Gasteiger partial charge in [0.2, 0.25) is 0 Å². The van der Waals surface area contributed by atoms with Gasteiger partial charge < -0.3 is 9.84 Å². The number of aromatic hydroxyl groups is 1. The van der Waals surface area contributed by atoms with E-state index in [1.54, 1.807) is 18.2 Å². The van der Waals surface area contributed by atoms with Gasteiger partial charge in [-0.15, -0.1) is 0 Å². The number of phenols is 1. The Morgan fingerprint density at radius 2 is 1.95 bits per heavy atom. The number of carbonyl (C=O) groups excluding carboxylic acids is 1. The topological polar surface area (TPSA) is 46.5 Å². The van der Waals surface area contributed by atoms with Crippen molar-refractivity contribution in [3.63, 3.8) is 0 Å². The molecule has 22 heavy (non-hydrogen) atoms. The number of hydrogen-bond acceptors (Lipinski definition) is 3. The number of hydrogen-bond donors (Lipinski definition) is 1. The predicted molar refractivity (Wildman–Crippen MR) is 89.8 cm³/mol. The van der Waals surface area contributed by atoms with Crippen LogP contribution in [-0.4, -0.2) is 18.0 Å². The van der Waals surface area contributed by atoms with Gasteiger partial charge in [0, 0.05) is 10.0 Å². The van der Waals surface area contributed by atoms with Crippen molar-refractivity contribution in [2.75, 3.05) is 7.11 Å². The van der Waals surface area contributed by atoms with Crippen molar-refractivity contribution < 1.29 is 19.0 Å². The molecule has 0 aliphatic rings. The van der Waals surface area contributed by atoms with E-state index in [0.29, 0.717) is 25.8 Å². The van der Waals surface area contributed by atoms with E-state index in [1.165, 1.54) is 31.4 Å². The van der Waals surface area contributed by atoms with Gasteiger partial charge in [0.15, 0.2) is 17.3 Å². The first kappa shape index (κ1) is 16.7. The van der Waals surface area contributed by atoms with Gasteiger partial charge in [-0.2, -0.15) is 0 Å². The molecule has 0 bridgehead atoms. The number of halogens is 3. The molecule has 0 unspecified atom stereocenters. The largest absolute Gasteiger partial charge is 0.503 e. The van der Waals surface area contributed by atoms with Gasteiger partial charge in [0.25, 0.3) is 0 Å². The van der Waals surface area contributed by atoms with Crippen LogP contribution in [0.4, 0.5) is 4.39 Å². The maximum atomic E-state index is 13.0. The molecule has 6 heteroatoms. The lowest BCUT2D eigenvalue weighted by molar-refractivity contribution is 0.104. The van der Waals surface area contributed by atoms with Crippen molar-refractivity contribution in [2.24, 2.45) is 0 Å². The molecule has 0 spiro atoms. The molecule has 0 amide bonds. The van der Waals surface area contributed by atoms with E-state index in [2.05, 4.69) is 31.9 Å². The summed E-state index contributed by atoms with van der Waals surface area (Å²) in [4.78, 5) is 12.1. The predicted octanol–water partition coefficient (Wildman–Crippen LogP) is 4.96. The molecule has 2 aromatic rings. The Morgan fingerprint density at radius 3 is 2.59 bits per heavy atom. The summed E-state index contributed by atoms with van der Waals surface area (Å²) in [6, 6.07) is 7.14. The lowest BCUT2D eigenvalue weighted by Gasteiger charge is -2.06. The van der Waals surface area contributed by atoms with Crippen molar-refractivity contribution in [1.29, 1.82) is 0 Å². The lowest BCUT2D eigenvalue weighted by atomic mass is 10.1. The quantitative estimate of drug-likeness (QED) is 0.551. The molecular weight excluding hydrogens is 419 g/mol. The average Bonchev–Trinajstić information content (AvgIpc) is 2.48. The number of benzene rings is 2. The molecule has 0 fully saturated rings. The maximum absolute atomic E-state index is 13.0. The van der Waals surface area contributed by atoms with Gasteiger partial charge in [-0.25, -0.2) is 4.39 Å². The highest BCUT2D eigenvalue weighted by molar-refractivity contribution is 9.10. The number of rotatable bonds is 4. The zero-order valence-corrected chi connectivity index (χ0v) is 14.6. The van der Waals surface area contributed by atoms with Crippen LogP contribution in [0.1, 0.15) is 15.9 Å². The van der Waals surface area contributed by atoms with Crippen LogP contribution in [0, 0.1) is 5.82 Å². The Bertz CT molecular complexity index is 757. The van der Waals surface area contributed by atoms with Crippen LogP contribution in [0.3, 0.4) is 0 Å². The maximum Gasteiger partial charge on any atom is 0.186 e. The van der Waals surface area contributed by atoms with Gasteiger partial charge in [-0.3, -0.25) is 4.79 Å². The Morgan fingerprint density at radius 1 is 1.23 bits per heavy atom. The lowest BCUT2D eigenvalue weighted by Crippen LogP contribution is -1.96. The summed E-state index contributed by atoms with van der Waals surface area (Å²) in [6.45, 7) is 0. The fourth-order valence-electron chi connectivity index (χ4n) is 1.80. The molecule has 3 nitrogen and oxygen atoms in total. The first-order chi connectivity index (χ1) is 10.4. The third-order valence-corrected chi connectivity index (χ3v) is 4.16. The molecule has 2 rings (SSSR count). The van der Waals surface area contributed by atoms with Gasteiger partial charge in [-0.1, -0.05) is 6.08 Å². The van der Waals surface area contributed by atoms with E-state index in [9.17, 15) is 14.3 Å². The minimum Gasteiger partial charge on any atom is -0.503 e. The summed E-state index contributed by atoms with van der Waals surface area (Å²) in [6.07, 6.45) is 2.96. The zero-order chi connectivity index (χ0) is 16.3. The molecule has 0 radical (unpaired) electrons. The van der Waals surface area contributed by atoms with E-state index in [0.717, 1.165) is 0 Å². The fraction of sp³-hybridized carbons (Fsp3) is 0.0625. The Balaban J connectivity index is 2.28. The van der Waals surface area contributed by atoms with Gasteiger partial charge >= 0.3 is 0 Å². The highest BCUT2D eigenvalue weighted by atomic mass is 79.9. The zero-order valence-electron chi connectivity index (χ0n) is 11.4. The number of ether oxygens (including phenoxy) is 1. The monoisotopic (exact) mass is 428 g/mol. The molecule has 0 aliphatic heterocycles. The second-order valence-electron chi connectivity index (χ2n) is 4.38. The van der Waals surface area contributed by atoms with E-state index < -0.39 is 5.82 Å². The second kappa shape index (κ2) is 7.07. The molecule has 0 saturated heterocycles. The first-order valence-electron chi connectivity index (χ1n) is 6.16. The molecule has 0 aromatic heterocycles. The van der Waals surface area contributed by atoms with Crippen molar-refractivity contribution in [2.45, 2.75) is 0 Å². The summed E-state index contributed by atoms with van der Waals surface area (Å²) >= 11 is 6.37. The molecule has 0 saturated carbocycles. The SMILES string of the molecule is COc1cc(/C=C/C(=O)c2ccc(F)cc2Br)cc(Br)c1O. The minimum absolute atomic E-state index is 0.00717.